The molecule has 0 aromatic rings. The van der Waals surface area contributed by atoms with Crippen LogP contribution in [0.15, 0.2) is 25.3 Å². The van der Waals surface area contributed by atoms with Crippen LogP contribution in [0.25, 0.3) is 0 Å². The summed E-state index contributed by atoms with van der Waals surface area (Å²) in [4.78, 5) is 2.56. The van der Waals surface area contributed by atoms with E-state index in [4.69, 9.17) is 0 Å². The van der Waals surface area contributed by atoms with Gasteiger partial charge in [0.2, 0.25) is 0 Å². The van der Waals surface area contributed by atoms with Gasteiger partial charge < -0.3 is 0 Å². The molecule has 2 heteroatoms. The third kappa shape index (κ3) is 3.17. The summed E-state index contributed by atoms with van der Waals surface area (Å²) in [5.74, 6) is 3.48. The minimum atomic E-state index is 0.312. The molecule has 4 unspecified atom stereocenters. The molecule has 1 fully saturated rings. The highest BCUT2D eigenvalue weighted by atomic mass is 32.2. The van der Waals surface area contributed by atoms with Gasteiger partial charge in [-0.15, -0.1) is 24.9 Å². The van der Waals surface area contributed by atoms with Crippen molar-refractivity contribution in [3.63, 3.8) is 0 Å². The molecule has 1 aliphatic rings. The Kier molecular flexibility index (Phi) is 5.81. The Bertz CT molecular complexity index is 256. The van der Waals surface area contributed by atoms with Gasteiger partial charge in [0.15, 0.2) is 0 Å². The van der Waals surface area contributed by atoms with E-state index >= 15 is 0 Å². The number of nitrogens with zero attached hydrogens (tertiary/aromatic N) is 1. The number of hydrogen-bond acceptors (Lipinski definition) is 2. The zero-order chi connectivity index (χ0) is 13.0. The SMILES string of the molecule is C=CC(C=C)N(CSC)C1CC(C)C(C)C1C. The summed E-state index contributed by atoms with van der Waals surface area (Å²) in [6.07, 6.45) is 7.51. The van der Waals surface area contributed by atoms with Crippen LogP contribution >= 0.6 is 11.8 Å². The first kappa shape index (κ1) is 14.8. The van der Waals surface area contributed by atoms with Crippen molar-refractivity contribution in [1.82, 2.24) is 4.90 Å². The summed E-state index contributed by atoms with van der Waals surface area (Å²) in [5.41, 5.74) is 0. The molecule has 0 N–H and O–H groups in total. The van der Waals surface area contributed by atoms with E-state index in [1.54, 1.807) is 0 Å². The summed E-state index contributed by atoms with van der Waals surface area (Å²) in [6, 6.07) is 0.987. The lowest BCUT2D eigenvalue weighted by Gasteiger charge is -2.35. The molecule has 0 spiro atoms. The van der Waals surface area contributed by atoms with Gasteiger partial charge in [0, 0.05) is 18.0 Å². The van der Waals surface area contributed by atoms with Crippen LogP contribution in [-0.2, 0) is 0 Å². The van der Waals surface area contributed by atoms with Crippen LogP contribution < -0.4 is 0 Å². The van der Waals surface area contributed by atoms with Crippen molar-refractivity contribution in [3.05, 3.63) is 25.3 Å². The zero-order valence-corrected chi connectivity index (χ0v) is 12.5. The smallest absolute Gasteiger partial charge is 0.0467 e. The van der Waals surface area contributed by atoms with Crippen molar-refractivity contribution in [2.45, 2.75) is 39.3 Å². The van der Waals surface area contributed by atoms with Gasteiger partial charge in [-0.2, -0.15) is 0 Å². The summed E-state index contributed by atoms with van der Waals surface area (Å²) in [5, 5.41) is 0. The zero-order valence-electron chi connectivity index (χ0n) is 11.7. The topological polar surface area (TPSA) is 3.24 Å². The molecule has 98 valence electrons. The highest BCUT2D eigenvalue weighted by Crippen LogP contribution is 2.40. The Morgan fingerprint density at radius 1 is 1.24 bits per heavy atom. The summed E-state index contributed by atoms with van der Waals surface area (Å²) in [6.45, 7) is 15.1. The molecular formula is C15H27NS. The molecule has 0 bridgehead atoms. The van der Waals surface area contributed by atoms with Crippen molar-refractivity contribution in [1.29, 1.82) is 0 Å². The highest BCUT2D eigenvalue weighted by Gasteiger charge is 2.39. The van der Waals surface area contributed by atoms with Gasteiger partial charge in [-0.25, -0.2) is 0 Å². The molecule has 0 amide bonds. The van der Waals surface area contributed by atoms with E-state index in [2.05, 4.69) is 45.1 Å². The Morgan fingerprint density at radius 2 is 1.82 bits per heavy atom. The summed E-state index contributed by atoms with van der Waals surface area (Å²) >= 11 is 1.89. The maximum atomic E-state index is 3.95. The van der Waals surface area contributed by atoms with Gasteiger partial charge in [-0.3, -0.25) is 4.90 Å². The molecule has 0 aliphatic heterocycles. The fraction of sp³-hybridized carbons (Fsp3) is 0.733. The summed E-state index contributed by atoms with van der Waals surface area (Å²) in [7, 11) is 0. The van der Waals surface area contributed by atoms with Crippen LogP contribution in [0.2, 0.25) is 0 Å². The monoisotopic (exact) mass is 253 g/mol. The lowest BCUT2D eigenvalue weighted by atomic mass is 9.93. The highest BCUT2D eigenvalue weighted by molar-refractivity contribution is 7.98. The average molecular weight is 253 g/mol. The third-order valence-corrected chi connectivity index (χ3v) is 5.07. The molecule has 1 aliphatic carbocycles. The van der Waals surface area contributed by atoms with E-state index in [1.807, 2.05) is 23.9 Å². The van der Waals surface area contributed by atoms with E-state index in [0.717, 1.165) is 23.6 Å². The number of rotatable bonds is 6. The predicted octanol–water partition coefficient (Wildman–Crippen LogP) is 4.03. The van der Waals surface area contributed by atoms with E-state index in [1.165, 1.54) is 6.42 Å². The molecule has 0 aromatic heterocycles. The Labute approximate surface area is 111 Å². The van der Waals surface area contributed by atoms with Crippen LogP contribution in [-0.4, -0.2) is 29.1 Å². The first-order chi connectivity index (χ1) is 8.06. The van der Waals surface area contributed by atoms with Crippen LogP contribution in [0, 0.1) is 17.8 Å². The van der Waals surface area contributed by atoms with Gasteiger partial charge in [0.1, 0.15) is 0 Å². The van der Waals surface area contributed by atoms with Gasteiger partial charge in [0.05, 0.1) is 0 Å². The maximum absolute atomic E-state index is 3.95. The van der Waals surface area contributed by atoms with Crippen molar-refractivity contribution >= 4 is 11.8 Å². The van der Waals surface area contributed by atoms with Crippen LogP contribution in [0.5, 0.6) is 0 Å². The molecular weight excluding hydrogens is 226 g/mol. The average Bonchev–Trinajstić information content (AvgIpc) is 2.57. The number of thioether (sulfide) groups is 1. The second-order valence-corrected chi connectivity index (χ2v) is 6.23. The minimum Gasteiger partial charge on any atom is -0.281 e. The van der Waals surface area contributed by atoms with Crippen LogP contribution in [0.3, 0.4) is 0 Å². The van der Waals surface area contributed by atoms with E-state index < -0.39 is 0 Å². The number of hydrogen-bond donors (Lipinski definition) is 0. The fourth-order valence-electron chi connectivity index (χ4n) is 3.04. The van der Waals surface area contributed by atoms with Crippen molar-refractivity contribution < 1.29 is 0 Å². The first-order valence-corrected chi connectivity index (χ1v) is 7.96. The fourth-order valence-corrected chi connectivity index (χ4v) is 3.70. The van der Waals surface area contributed by atoms with Gasteiger partial charge in [-0.05, 0) is 30.4 Å². The first-order valence-electron chi connectivity index (χ1n) is 6.56. The predicted molar refractivity (Wildman–Crippen MR) is 80.3 cm³/mol. The van der Waals surface area contributed by atoms with Gasteiger partial charge >= 0.3 is 0 Å². The standard InChI is InChI=1S/C15H27NS/c1-7-14(8-2)16(10-17-6)15-9-11(3)12(4)13(15)5/h7-8,11-15H,1-2,9-10H2,3-6H3. The third-order valence-electron chi connectivity index (χ3n) is 4.52. The van der Waals surface area contributed by atoms with Crippen LogP contribution in [0.1, 0.15) is 27.2 Å². The molecule has 0 radical (unpaired) electrons. The van der Waals surface area contributed by atoms with E-state index in [-0.39, 0.29) is 0 Å². The lowest BCUT2D eigenvalue weighted by Crippen LogP contribution is -2.43. The maximum Gasteiger partial charge on any atom is 0.0467 e. The minimum absolute atomic E-state index is 0.312. The molecule has 0 aromatic carbocycles. The van der Waals surface area contributed by atoms with E-state index in [0.29, 0.717) is 12.1 Å². The molecule has 4 atom stereocenters. The van der Waals surface area contributed by atoms with Crippen molar-refractivity contribution in [2.75, 3.05) is 12.1 Å². The second-order valence-electron chi connectivity index (χ2n) is 5.39. The second kappa shape index (κ2) is 6.65. The molecule has 1 nitrogen and oxygen atoms in total. The normalized spacial score (nSPS) is 33.3. The summed E-state index contributed by atoms with van der Waals surface area (Å²) < 4.78 is 0. The molecule has 0 saturated heterocycles. The van der Waals surface area contributed by atoms with E-state index in [9.17, 15) is 0 Å². The quantitative estimate of drug-likeness (QED) is 0.519. The molecule has 17 heavy (non-hydrogen) atoms. The molecule has 0 heterocycles. The van der Waals surface area contributed by atoms with Gasteiger partial charge in [-0.1, -0.05) is 32.9 Å². The Balaban J connectivity index is 2.83. The van der Waals surface area contributed by atoms with Gasteiger partial charge in [0.25, 0.3) is 0 Å². The Morgan fingerprint density at radius 3 is 2.18 bits per heavy atom. The lowest BCUT2D eigenvalue weighted by molar-refractivity contribution is 0.173. The van der Waals surface area contributed by atoms with Crippen molar-refractivity contribution in [3.8, 4) is 0 Å². The Hall–Kier alpha value is -0.210. The largest absolute Gasteiger partial charge is 0.281 e. The van der Waals surface area contributed by atoms with Crippen molar-refractivity contribution in [2.24, 2.45) is 17.8 Å². The molecule has 1 rings (SSSR count). The van der Waals surface area contributed by atoms with Crippen LogP contribution in [0.4, 0.5) is 0 Å². The molecule has 1 saturated carbocycles.